The first-order chi connectivity index (χ1) is 12.0. The van der Waals surface area contributed by atoms with Gasteiger partial charge in [-0.3, -0.25) is 10.1 Å². The molecule has 0 saturated carbocycles. The number of carbonyl (C=O) groups excluding carboxylic acids is 2. The molecule has 2 aromatic heterocycles. The average molecular weight is 364 g/mol. The van der Waals surface area contributed by atoms with Crippen LogP contribution in [-0.2, 0) is 11.2 Å². The number of aromatic nitrogens is 3. The third kappa shape index (κ3) is 3.89. The highest BCUT2D eigenvalue weighted by Gasteiger charge is 2.24. The standard InChI is InChI=1S/C17H24N4O3S/c1-6-10(7-2)15-20-21-17(25-15)19-14(22)13-9(4)12(16(23)24-5)11(8-3)18-13/h10,18H,6-8H2,1-5H3,(H,19,21,22). The Balaban J connectivity index is 2.24. The molecule has 0 unspecified atom stereocenters. The number of hydrogen-bond acceptors (Lipinski definition) is 6. The predicted molar refractivity (Wildman–Crippen MR) is 97.4 cm³/mol. The first-order valence-corrected chi connectivity index (χ1v) is 9.22. The van der Waals surface area contributed by atoms with Crippen molar-refractivity contribution in [1.82, 2.24) is 15.2 Å². The maximum atomic E-state index is 12.6. The van der Waals surface area contributed by atoms with Gasteiger partial charge in [0.25, 0.3) is 5.91 Å². The number of aromatic amines is 1. The molecule has 0 aromatic carbocycles. The minimum atomic E-state index is -0.448. The zero-order chi connectivity index (χ0) is 18.6. The Labute approximate surface area is 151 Å². The average Bonchev–Trinajstić information content (AvgIpc) is 3.19. The maximum Gasteiger partial charge on any atom is 0.339 e. The Bertz CT molecular complexity index is 762. The quantitative estimate of drug-likeness (QED) is 0.731. The molecule has 0 saturated heterocycles. The summed E-state index contributed by atoms with van der Waals surface area (Å²) in [4.78, 5) is 27.6. The van der Waals surface area contributed by atoms with Crippen LogP contribution in [0.1, 0.15) is 76.6 Å². The van der Waals surface area contributed by atoms with Crippen LogP contribution in [0.3, 0.4) is 0 Å². The zero-order valence-electron chi connectivity index (χ0n) is 15.2. The Kier molecular flexibility index (Phi) is 6.30. The second-order valence-electron chi connectivity index (χ2n) is 5.74. The molecule has 2 aromatic rings. The molecular weight excluding hydrogens is 340 g/mol. The lowest BCUT2D eigenvalue weighted by Crippen LogP contribution is -2.14. The number of H-pyrrole nitrogens is 1. The van der Waals surface area contributed by atoms with Gasteiger partial charge in [0.2, 0.25) is 5.13 Å². The van der Waals surface area contributed by atoms with E-state index in [4.69, 9.17) is 4.74 Å². The molecule has 1 amide bonds. The van der Waals surface area contributed by atoms with Crippen molar-refractivity contribution in [2.24, 2.45) is 0 Å². The highest BCUT2D eigenvalue weighted by Crippen LogP contribution is 2.28. The number of methoxy groups -OCH3 is 1. The molecule has 0 aliphatic heterocycles. The molecule has 7 nitrogen and oxygen atoms in total. The van der Waals surface area contributed by atoms with Gasteiger partial charge in [-0.1, -0.05) is 32.1 Å². The van der Waals surface area contributed by atoms with Crippen LogP contribution in [0.5, 0.6) is 0 Å². The number of ether oxygens (including phenoxy) is 1. The highest BCUT2D eigenvalue weighted by molar-refractivity contribution is 7.15. The van der Waals surface area contributed by atoms with Gasteiger partial charge in [0.05, 0.1) is 12.7 Å². The molecule has 0 radical (unpaired) electrons. The third-order valence-electron chi connectivity index (χ3n) is 4.29. The molecule has 0 bridgehead atoms. The molecule has 0 spiro atoms. The Morgan fingerprint density at radius 1 is 1.24 bits per heavy atom. The van der Waals surface area contributed by atoms with Gasteiger partial charge in [-0.25, -0.2) is 4.79 Å². The number of hydrogen-bond donors (Lipinski definition) is 2. The fourth-order valence-corrected chi connectivity index (χ4v) is 3.78. The van der Waals surface area contributed by atoms with Crippen LogP contribution in [0.15, 0.2) is 0 Å². The van der Waals surface area contributed by atoms with E-state index in [0.717, 1.165) is 17.8 Å². The van der Waals surface area contributed by atoms with Gasteiger partial charge in [-0.15, -0.1) is 10.2 Å². The number of amides is 1. The SMILES string of the molecule is CCc1[nH]c(C(=O)Nc2nnc(C(CC)CC)s2)c(C)c1C(=O)OC. The molecule has 0 atom stereocenters. The lowest BCUT2D eigenvalue weighted by atomic mass is 10.1. The van der Waals surface area contributed by atoms with E-state index in [1.165, 1.54) is 18.4 Å². The van der Waals surface area contributed by atoms with Gasteiger partial charge >= 0.3 is 5.97 Å². The van der Waals surface area contributed by atoms with E-state index in [1.54, 1.807) is 6.92 Å². The summed E-state index contributed by atoms with van der Waals surface area (Å²) in [6.07, 6.45) is 2.56. The number of nitrogens with zero attached hydrogens (tertiary/aromatic N) is 2. The van der Waals surface area contributed by atoms with Crippen molar-refractivity contribution in [2.75, 3.05) is 12.4 Å². The van der Waals surface area contributed by atoms with Crippen LogP contribution in [0.2, 0.25) is 0 Å². The van der Waals surface area contributed by atoms with Crippen molar-refractivity contribution in [3.05, 3.63) is 27.5 Å². The van der Waals surface area contributed by atoms with Gasteiger partial charge < -0.3 is 9.72 Å². The number of anilines is 1. The van der Waals surface area contributed by atoms with E-state index in [1.807, 2.05) is 6.92 Å². The molecule has 8 heteroatoms. The first kappa shape index (κ1) is 19.1. The lowest BCUT2D eigenvalue weighted by molar-refractivity contribution is 0.0599. The predicted octanol–water partition coefficient (Wildman–Crippen LogP) is 3.68. The van der Waals surface area contributed by atoms with Crippen LogP contribution in [0.4, 0.5) is 5.13 Å². The summed E-state index contributed by atoms with van der Waals surface area (Å²) in [5.41, 5.74) is 2.03. The van der Waals surface area contributed by atoms with E-state index >= 15 is 0 Å². The number of nitrogens with one attached hydrogen (secondary N) is 2. The van der Waals surface area contributed by atoms with E-state index in [0.29, 0.717) is 40.0 Å². The normalized spacial score (nSPS) is 11.0. The summed E-state index contributed by atoms with van der Waals surface area (Å²) in [6.45, 7) is 7.85. The summed E-state index contributed by atoms with van der Waals surface area (Å²) < 4.78 is 4.81. The minimum Gasteiger partial charge on any atom is -0.465 e. The smallest absolute Gasteiger partial charge is 0.339 e. The van der Waals surface area contributed by atoms with Crippen molar-refractivity contribution in [3.8, 4) is 0 Å². The second kappa shape index (κ2) is 8.24. The zero-order valence-corrected chi connectivity index (χ0v) is 16.0. The molecule has 0 fully saturated rings. The largest absolute Gasteiger partial charge is 0.465 e. The fourth-order valence-electron chi connectivity index (χ4n) is 2.78. The summed E-state index contributed by atoms with van der Waals surface area (Å²) >= 11 is 1.39. The summed E-state index contributed by atoms with van der Waals surface area (Å²) in [5, 5.41) is 12.4. The number of carbonyl (C=O) groups is 2. The van der Waals surface area contributed by atoms with Gasteiger partial charge in [0.1, 0.15) is 10.7 Å². The molecule has 2 heterocycles. The minimum absolute atomic E-state index is 0.338. The van der Waals surface area contributed by atoms with Gasteiger partial charge in [0, 0.05) is 11.6 Å². The molecule has 0 aliphatic rings. The molecular formula is C17H24N4O3S. The van der Waals surface area contributed by atoms with Gasteiger partial charge in [-0.05, 0) is 31.7 Å². The van der Waals surface area contributed by atoms with Crippen LogP contribution in [-0.4, -0.2) is 34.2 Å². The summed E-state index contributed by atoms with van der Waals surface area (Å²) in [7, 11) is 1.33. The Morgan fingerprint density at radius 3 is 2.48 bits per heavy atom. The number of rotatable bonds is 7. The third-order valence-corrected chi connectivity index (χ3v) is 5.29. The maximum absolute atomic E-state index is 12.6. The topological polar surface area (TPSA) is 97.0 Å². The second-order valence-corrected chi connectivity index (χ2v) is 6.75. The first-order valence-electron chi connectivity index (χ1n) is 8.41. The summed E-state index contributed by atoms with van der Waals surface area (Å²) in [5.74, 6) is -0.431. The van der Waals surface area contributed by atoms with Crippen molar-refractivity contribution in [2.45, 2.75) is 52.9 Å². The molecule has 2 rings (SSSR count). The van der Waals surface area contributed by atoms with Crippen molar-refractivity contribution < 1.29 is 14.3 Å². The molecule has 136 valence electrons. The van der Waals surface area contributed by atoms with E-state index in [9.17, 15) is 9.59 Å². The monoisotopic (exact) mass is 364 g/mol. The van der Waals surface area contributed by atoms with Crippen molar-refractivity contribution in [3.63, 3.8) is 0 Å². The number of aryl methyl sites for hydroxylation is 1. The van der Waals surface area contributed by atoms with Crippen LogP contribution < -0.4 is 5.32 Å². The van der Waals surface area contributed by atoms with E-state index < -0.39 is 5.97 Å². The van der Waals surface area contributed by atoms with Crippen LogP contribution in [0, 0.1) is 6.92 Å². The van der Waals surface area contributed by atoms with Crippen molar-refractivity contribution >= 4 is 28.3 Å². The van der Waals surface area contributed by atoms with Crippen LogP contribution >= 0.6 is 11.3 Å². The summed E-state index contributed by atoms with van der Waals surface area (Å²) in [6, 6.07) is 0. The Hall–Kier alpha value is -2.22. The van der Waals surface area contributed by atoms with Gasteiger partial charge in [-0.2, -0.15) is 0 Å². The molecule has 2 N–H and O–H groups in total. The van der Waals surface area contributed by atoms with Crippen molar-refractivity contribution in [1.29, 1.82) is 0 Å². The number of esters is 1. The lowest BCUT2D eigenvalue weighted by Gasteiger charge is -2.05. The van der Waals surface area contributed by atoms with E-state index in [-0.39, 0.29) is 5.91 Å². The fraction of sp³-hybridized carbons (Fsp3) is 0.529. The Morgan fingerprint density at radius 2 is 1.92 bits per heavy atom. The highest BCUT2D eigenvalue weighted by atomic mass is 32.1. The van der Waals surface area contributed by atoms with Crippen LogP contribution in [0.25, 0.3) is 0 Å². The van der Waals surface area contributed by atoms with Gasteiger partial charge in [0.15, 0.2) is 0 Å². The van der Waals surface area contributed by atoms with E-state index in [2.05, 4.69) is 34.3 Å². The molecule has 0 aliphatic carbocycles. The molecule has 25 heavy (non-hydrogen) atoms.